The van der Waals surface area contributed by atoms with Gasteiger partial charge in [0.05, 0.1) is 5.92 Å². The third kappa shape index (κ3) is 1.97. The zero-order valence-corrected chi connectivity index (χ0v) is 12.9. The van der Waals surface area contributed by atoms with Gasteiger partial charge in [-0.3, -0.25) is 4.79 Å². The number of ketones is 1. The summed E-state index contributed by atoms with van der Waals surface area (Å²) in [4.78, 5) is 13.0. The molecule has 1 aliphatic carbocycles. The first-order chi connectivity index (χ1) is 10.6. The number of hydrogen-bond acceptors (Lipinski definition) is 1. The van der Waals surface area contributed by atoms with Gasteiger partial charge in [-0.05, 0) is 42.2 Å². The van der Waals surface area contributed by atoms with E-state index in [9.17, 15) is 4.79 Å². The van der Waals surface area contributed by atoms with Gasteiger partial charge in [0.25, 0.3) is 0 Å². The first kappa shape index (κ1) is 13.3. The molecule has 3 aromatic rings. The lowest BCUT2D eigenvalue weighted by Gasteiger charge is -2.11. The maximum Gasteiger partial charge on any atom is 0.171 e. The van der Waals surface area contributed by atoms with Gasteiger partial charge in [0.15, 0.2) is 5.78 Å². The maximum absolute atomic E-state index is 13.0. The third-order valence-corrected chi connectivity index (χ3v) is 4.65. The van der Waals surface area contributed by atoms with Gasteiger partial charge in [-0.1, -0.05) is 65.7 Å². The molecule has 0 heterocycles. The Morgan fingerprint density at radius 2 is 1.64 bits per heavy atom. The first-order valence-electron chi connectivity index (χ1n) is 7.76. The molecule has 0 radical (unpaired) electrons. The molecule has 0 fully saturated rings. The highest BCUT2D eigenvalue weighted by atomic mass is 16.1. The lowest BCUT2D eigenvalue weighted by molar-refractivity contribution is 0.0974. The molecule has 4 rings (SSSR count). The van der Waals surface area contributed by atoms with Crippen LogP contribution in [-0.2, 0) is 6.42 Å². The Morgan fingerprint density at radius 3 is 2.41 bits per heavy atom. The van der Waals surface area contributed by atoms with Crippen LogP contribution < -0.4 is 0 Å². The number of carbonyl (C=O) groups is 1. The van der Waals surface area contributed by atoms with E-state index in [4.69, 9.17) is 0 Å². The summed E-state index contributed by atoms with van der Waals surface area (Å²) >= 11 is 0. The van der Waals surface area contributed by atoms with E-state index in [0.717, 1.165) is 28.3 Å². The van der Waals surface area contributed by atoms with E-state index < -0.39 is 0 Å². The smallest absolute Gasteiger partial charge is 0.171 e. The molecular weight excluding hydrogens is 268 g/mol. The number of rotatable bonds is 1. The summed E-state index contributed by atoms with van der Waals surface area (Å²) in [6, 6.07) is 18.9. The van der Waals surface area contributed by atoms with Crippen LogP contribution in [0.15, 0.2) is 54.6 Å². The van der Waals surface area contributed by atoms with Crippen molar-refractivity contribution < 1.29 is 4.79 Å². The number of carbonyl (C=O) groups excluding carboxylic acids is 1. The van der Waals surface area contributed by atoms with Gasteiger partial charge in [-0.15, -0.1) is 0 Å². The molecule has 1 heteroatoms. The molecule has 22 heavy (non-hydrogen) atoms. The summed E-state index contributed by atoms with van der Waals surface area (Å²) in [5.74, 6) is 0.246. The van der Waals surface area contributed by atoms with Crippen LogP contribution in [-0.4, -0.2) is 5.78 Å². The van der Waals surface area contributed by atoms with Crippen molar-refractivity contribution in [2.24, 2.45) is 0 Å². The molecule has 1 aliphatic rings. The Balaban J connectivity index is 1.87. The minimum Gasteiger partial charge on any atom is -0.293 e. The fourth-order valence-corrected chi connectivity index (χ4v) is 3.74. The topological polar surface area (TPSA) is 17.1 Å². The van der Waals surface area contributed by atoms with Crippen molar-refractivity contribution in [2.75, 3.05) is 0 Å². The van der Waals surface area contributed by atoms with Crippen molar-refractivity contribution in [3.63, 3.8) is 0 Å². The second kappa shape index (κ2) is 4.81. The number of hydrogen-bond donors (Lipinski definition) is 0. The average molecular weight is 286 g/mol. The van der Waals surface area contributed by atoms with Crippen molar-refractivity contribution in [2.45, 2.75) is 26.2 Å². The van der Waals surface area contributed by atoms with Crippen LogP contribution in [0.3, 0.4) is 0 Å². The van der Waals surface area contributed by atoms with Crippen molar-refractivity contribution in [1.82, 2.24) is 0 Å². The highest BCUT2D eigenvalue weighted by Crippen LogP contribution is 2.38. The number of aryl methyl sites for hydroxylation is 2. The summed E-state index contributed by atoms with van der Waals surface area (Å²) in [6.45, 7) is 4.19. The van der Waals surface area contributed by atoms with Crippen LogP contribution in [0, 0.1) is 13.8 Å². The van der Waals surface area contributed by atoms with E-state index in [0.29, 0.717) is 0 Å². The molecule has 0 saturated heterocycles. The van der Waals surface area contributed by atoms with Crippen molar-refractivity contribution in [3.05, 3.63) is 82.4 Å². The Labute approximate surface area is 130 Å². The van der Waals surface area contributed by atoms with Gasteiger partial charge >= 0.3 is 0 Å². The second-order valence-electron chi connectivity index (χ2n) is 6.36. The lowest BCUT2D eigenvalue weighted by atomic mass is 9.92. The molecule has 0 saturated carbocycles. The Hall–Kier alpha value is -2.41. The molecule has 0 bridgehead atoms. The average Bonchev–Trinajstić information content (AvgIpc) is 2.84. The fraction of sp³-hybridized carbons (Fsp3) is 0.190. The van der Waals surface area contributed by atoms with Gasteiger partial charge in [0.2, 0.25) is 0 Å². The van der Waals surface area contributed by atoms with Crippen LogP contribution in [0.1, 0.15) is 38.5 Å². The van der Waals surface area contributed by atoms with Gasteiger partial charge in [0.1, 0.15) is 0 Å². The van der Waals surface area contributed by atoms with Crippen LogP contribution in [0.4, 0.5) is 0 Å². The SMILES string of the molecule is Cc1cc(C)cc(C2Cc3ccc4ccccc4c3C2=O)c1. The molecule has 0 aliphatic heterocycles. The molecule has 3 aromatic carbocycles. The van der Waals surface area contributed by atoms with Gasteiger partial charge in [0, 0.05) is 5.56 Å². The van der Waals surface area contributed by atoms with Gasteiger partial charge < -0.3 is 0 Å². The first-order valence-corrected chi connectivity index (χ1v) is 7.76. The van der Waals surface area contributed by atoms with E-state index in [1.807, 2.05) is 12.1 Å². The lowest BCUT2D eigenvalue weighted by Crippen LogP contribution is -2.07. The largest absolute Gasteiger partial charge is 0.293 e. The quantitative estimate of drug-likeness (QED) is 0.616. The predicted octanol–water partition coefficient (Wildman–Crippen LogP) is 4.98. The molecule has 0 aromatic heterocycles. The van der Waals surface area contributed by atoms with E-state index in [-0.39, 0.29) is 11.7 Å². The number of benzene rings is 3. The zero-order chi connectivity index (χ0) is 15.3. The minimum atomic E-state index is -0.0283. The molecular formula is C21H18O. The molecule has 0 amide bonds. The monoisotopic (exact) mass is 286 g/mol. The van der Waals surface area contributed by atoms with E-state index in [2.05, 4.69) is 56.3 Å². The van der Waals surface area contributed by atoms with Crippen LogP contribution in [0.2, 0.25) is 0 Å². The summed E-state index contributed by atoms with van der Waals surface area (Å²) < 4.78 is 0. The van der Waals surface area contributed by atoms with E-state index in [1.165, 1.54) is 16.7 Å². The highest BCUT2D eigenvalue weighted by Gasteiger charge is 2.33. The summed E-state index contributed by atoms with van der Waals surface area (Å²) in [6.07, 6.45) is 0.821. The van der Waals surface area contributed by atoms with Crippen molar-refractivity contribution >= 4 is 16.6 Å². The third-order valence-electron chi connectivity index (χ3n) is 4.65. The highest BCUT2D eigenvalue weighted by molar-refractivity contribution is 6.14. The Morgan fingerprint density at radius 1 is 0.909 bits per heavy atom. The van der Waals surface area contributed by atoms with Crippen LogP contribution >= 0.6 is 0 Å². The molecule has 1 nitrogen and oxygen atoms in total. The molecule has 0 N–H and O–H groups in total. The summed E-state index contributed by atoms with van der Waals surface area (Å²) in [5, 5.41) is 2.24. The Kier molecular flexibility index (Phi) is 2.90. The van der Waals surface area contributed by atoms with E-state index in [1.54, 1.807) is 0 Å². The van der Waals surface area contributed by atoms with Gasteiger partial charge in [-0.2, -0.15) is 0 Å². The molecule has 108 valence electrons. The molecule has 0 spiro atoms. The second-order valence-corrected chi connectivity index (χ2v) is 6.36. The molecule has 1 unspecified atom stereocenters. The predicted molar refractivity (Wildman–Crippen MR) is 90.6 cm³/mol. The minimum absolute atomic E-state index is 0.0283. The van der Waals surface area contributed by atoms with Gasteiger partial charge in [-0.25, -0.2) is 0 Å². The summed E-state index contributed by atoms with van der Waals surface area (Å²) in [7, 11) is 0. The van der Waals surface area contributed by atoms with E-state index >= 15 is 0 Å². The normalized spacial score (nSPS) is 17.0. The molecule has 1 atom stereocenters. The van der Waals surface area contributed by atoms with Crippen LogP contribution in [0.25, 0.3) is 10.8 Å². The van der Waals surface area contributed by atoms with Crippen molar-refractivity contribution in [1.29, 1.82) is 0 Å². The standard InChI is InChI=1S/C21H18O/c1-13-9-14(2)11-17(10-13)19-12-16-8-7-15-5-3-4-6-18(15)20(16)21(19)22/h3-11,19H,12H2,1-2H3. The zero-order valence-electron chi connectivity index (χ0n) is 12.9. The number of Topliss-reactive ketones (excluding diaryl/α,β-unsaturated/α-hetero) is 1. The summed E-state index contributed by atoms with van der Waals surface area (Å²) in [5.41, 5.74) is 5.73. The maximum atomic E-state index is 13.0. The number of fused-ring (bicyclic) bond motifs is 3. The van der Waals surface area contributed by atoms with Crippen LogP contribution in [0.5, 0.6) is 0 Å². The fourth-order valence-electron chi connectivity index (χ4n) is 3.74. The van der Waals surface area contributed by atoms with Crippen molar-refractivity contribution in [3.8, 4) is 0 Å². The Bertz CT molecular complexity index is 885.